The second kappa shape index (κ2) is 7.47. The van der Waals surface area contributed by atoms with Crippen molar-refractivity contribution < 1.29 is 28.2 Å². The lowest BCUT2D eigenvalue weighted by Crippen LogP contribution is -2.48. The molecular weight excluding hydrogens is 346 g/mol. The van der Waals surface area contributed by atoms with Gasteiger partial charge >= 0.3 is 6.09 Å². The molecule has 0 aromatic heterocycles. The molecule has 1 heterocycles. The van der Waals surface area contributed by atoms with Crippen LogP contribution in [-0.4, -0.2) is 42.2 Å². The first-order valence-electron chi connectivity index (χ1n) is 8.74. The van der Waals surface area contributed by atoms with Gasteiger partial charge in [-0.2, -0.15) is 0 Å². The Kier molecular flexibility index (Phi) is 5.29. The number of nitrogens with zero attached hydrogens (tertiary/aromatic N) is 1. The molecule has 0 spiro atoms. The van der Waals surface area contributed by atoms with Crippen molar-refractivity contribution in [1.82, 2.24) is 5.32 Å². The lowest BCUT2D eigenvalue weighted by Gasteiger charge is -2.35. The summed E-state index contributed by atoms with van der Waals surface area (Å²) in [5.41, 5.74) is 0.787. The van der Waals surface area contributed by atoms with E-state index >= 15 is 0 Å². The number of rotatable bonds is 5. The fourth-order valence-corrected chi connectivity index (χ4v) is 3.60. The van der Waals surface area contributed by atoms with E-state index in [4.69, 9.17) is 9.84 Å². The van der Waals surface area contributed by atoms with Crippen LogP contribution in [0.2, 0.25) is 0 Å². The zero-order valence-corrected chi connectivity index (χ0v) is 14.3. The number of carboxylic acid groups (broad SMARTS) is 1. The monoisotopic (exact) mass is 368 g/mol. The molecule has 0 radical (unpaired) electrons. The van der Waals surface area contributed by atoms with Crippen LogP contribution in [-0.2, 0) is 4.79 Å². The van der Waals surface area contributed by atoms with Crippen LogP contribution in [0.3, 0.4) is 0 Å². The quantitative estimate of drug-likeness (QED) is 0.836. The molecule has 1 saturated heterocycles. The van der Waals surface area contributed by atoms with Crippen LogP contribution in [0, 0.1) is 5.92 Å². The van der Waals surface area contributed by atoms with Gasteiger partial charge in [0.1, 0.15) is 5.75 Å². The second-order valence-electron chi connectivity index (χ2n) is 6.87. The summed E-state index contributed by atoms with van der Waals surface area (Å²) >= 11 is 0. The molecule has 0 unspecified atom stereocenters. The van der Waals surface area contributed by atoms with Crippen molar-refractivity contribution in [2.24, 2.45) is 5.92 Å². The fraction of sp³-hybridized carbons (Fsp3) is 0.556. The molecule has 26 heavy (non-hydrogen) atoms. The Labute approximate surface area is 150 Å². The molecule has 1 aliphatic heterocycles. The van der Waals surface area contributed by atoms with E-state index in [1.165, 1.54) is 0 Å². The standard InChI is InChI=1S/C18H22F2N2O4/c19-18(20)8-7-15(21-17(24)25)12(10-18)11-26-14-5-3-13(4-6-14)22-9-1-2-16(22)23/h3-6,12,15,21H,1-2,7-11H2,(H,24,25)/t12-,15+/m1/s1. The number of carbonyl (C=O) groups excluding carboxylic acids is 1. The predicted octanol–water partition coefficient (Wildman–Crippen LogP) is 3.26. The Morgan fingerprint density at radius 2 is 2.08 bits per heavy atom. The number of hydrogen-bond acceptors (Lipinski definition) is 3. The van der Waals surface area contributed by atoms with E-state index in [0.29, 0.717) is 18.7 Å². The number of benzene rings is 1. The first kappa shape index (κ1) is 18.4. The van der Waals surface area contributed by atoms with Crippen LogP contribution in [0.15, 0.2) is 24.3 Å². The number of carbonyl (C=O) groups is 2. The van der Waals surface area contributed by atoms with Crippen LogP contribution in [0.5, 0.6) is 5.75 Å². The smallest absolute Gasteiger partial charge is 0.404 e. The Hall–Kier alpha value is -2.38. The van der Waals surface area contributed by atoms with Gasteiger partial charge in [0.25, 0.3) is 0 Å². The molecule has 2 aliphatic rings. The number of halogens is 2. The van der Waals surface area contributed by atoms with Gasteiger partial charge in [0.2, 0.25) is 11.8 Å². The summed E-state index contributed by atoms with van der Waals surface area (Å²) in [4.78, 5) is 24.3. The summed E-state index contributed by atoms with van der Waals surface area (Å²) in [6.45, 7) is 0.696. The Balaban J connectivity index is 1.60. The molecule has 0 bridgehead atoms. The minimum absolute atomic E-state index is 0.00251. The van der Waals surface area contributed by atoms with Gasteiger partial charge in [0.05, 0.1) is 6.61 Å². The van der Waals surface area contributed by atoms with Gasteiger partial charge in [-0.15, -0.1) is 0 Å². The van der Waals surface area contributed by atoms with E-state index in [-0.39, 0.29) is 25.4 Å². The summed E-state index contributed by atoms with van der Waals surface area (Å²) in [5.74, 6) is -2.81. The molecule has 1 saturated carbocycles. The third-order valence-corrected chi connectivity index (χ3v) is 4.95. The van der Waals surface area contributed by atoms with Gasteiger partial charge in [-0.3, -0.25) is 4.79 Å². The first-order chi connectivity index (χ1) is 12.3. The number of alkyl halides is 2. The molecule has 2 fully saturated rings. The van der Waals surface area contributed by atoms with Gasteiger partial charge < -0.3 is 20.1 Å². The second-order valence-corrected chi connectivity index (χ2v) is 6.87. The number of nitrogens with one attached hydrogen (secondary N) is 1. The average molecular weight is 368 g/mol. The molecule has 3 rings (SSSR count). The van der Waals surface area contributed by atoms with Crippen LogP contribution >= 0.6 is 0 Å². The van der Waals surface area contributed by atoms with Crippen molar-refractivity contribution in [2.45, 2.75) is 44.1 Å². The highest BCUT2D eigenvalue weighted by molar-refractivity contribution is 5.95. The molecule has 1 aromatic carbocycles. The fourth-order valence-electron chi connectivity index (χ4n) is 3.60. The van der Waals surface area contributed by atoms with Crippen molar-refractivity contribution in [2.75, 3.05) is 18.1 Å². The highest BCUT2D eigenvalue weighted by Crippen LogP contribution is 2.37. The average Bonchev–Trinajstić information content (AvgIpc) is 3.01. The molecule has 142 valence electrons. The topological polar surface area (TPSA) is 78.9 Å². The Bertz CT molecular complexity index is 666. The Morgan fingerprint density at radius 1 is 1.35 bits per heavy atom. The van der Waals surface area contributed by atoms with Gasteiger partial charge in [-0.25, -0.2) is 13.6 Å². The third-order valence-electron chi connectivity index (χ3n) is 4.95. The van der Waals surface area contributed by atoms with Crippen LogP contribution < -0.4 is 15.0 Å². The van der Waals surface area contributed by atoms with Crippen molar-refractivity contribution in [1.29, 1.82) is 0 Å². The molecule has 2 amide bonds. The zero-order valence-electron chi connectivity index (χ0n) is 14.3. The maximum absolute atomic E-state index is 13.7. The largest absolute Gasteiger partial charge is 0.493 e. The van der Waals surface area contributed by atoms with E-state index < -0.39 is 30.4 Å². The molecule has 2 N–H and O–H groups in total. The summed E-state index contributed by atoms with van der Waals surface area (Å²) in [7, 11) is 0. The molecular formula is C18H22F2N2O4. The van der Waals surface area contributed by atoms with Crippen molar-refractivity contribution in [3.63, 3.8) is 0 Å². The Morgan fingerprint density at radius 3 is 2.69 bits per heavy atom. The summed E-state index contributed by atoms with van der Waals surface area (Å²) in [6.07, 6.45) is -0.476. The summed E-state index contributed by atoms with van der Waals surface area (Å²) < 4.78 is 33.0. The van der Waals surface area contributed by atoms with Crippen molar-refractivity contribution >= 4 is 17.7 Å². The predicted molar refractivity (Wildman–Crippen MR) is 90.8 cm³/mol. The van der Waals surface area contributed by atoms with Crippen molar-refractivity contribution in [3.05, 3.63) is 24.3 Å². The van der Waals surface area contributed by atoms with Gasteiger partial charge in [0, 0.05) is 43.5 Å². The van der Waals surface area contributed by atoms with Crippen LogP contribution in [0.4, 0.5) is 19.3 Å². The number of amides is 2. The first-order valence-corrected chi connectivity index (χ1v) is 8.74. The van der Waals surface area contributed by atoms with Gasteiger partial charge in [-0.05, 0) is 37.1 Å². The van der Waals surface area contributed by atoms with E-state index in [9.17, 15) is 18.4 Å². The van der Waals surface area contributed by atoms with Gasteiger partial charge in [0.15, 0.2) is 0 Å². The third kappa shape index (κ3) is 4.42. The number of anilines is 1. The van der Waals surface area contributed by atoms with E-state index in [0.717, 1.165) is 12.1 Å². The summed E-state index contributed by atoms with van der Waals surface area (Å²) in [6, 6.07) is 6.37. The molecule has 2 atom stereocenters. The highest BCUT2D eigenvalue weighted by atomic mass is 19.3. The van der Waals surface area contributed by atoms with Crippen molar-refractivity contribution in [3.8, 4) is 5.75 Å². The minimum atomic E-state index is -2.80. The van der Waals surface area contributed by atoms with Crippen LogP contribution in [0.1, 0.15) is 32.1 Å². The molecule has 8 heteroatoms. The van der Waals surface area contributed by atoms with E-state index in [1.807, 2.05) is 0 Å². The lowest BCUT2D eigenvalue weighted by atomic mass is 9.82. The molecule has 1 aromatic rings. The maximum Gasteiger partial charge on any atom is 0.404 e. The van der Waals surface area contributed by atoms with E-state index in [1.54, 1.807) is 29.2 Å². The summed E-state index contributed by atoms with van der Waals surface area (Å²) in [5, 5.41) is 11.2. The maximum atomic E-state index is 13.7. The van der Waals surface area contributed by atoms with Crippen LogP contribution in [0.25, 0.3) is 0 Å². The normalized spacial score (nSPS) is 25.2. The number of ether oxygens (including phenoxy) is 1. The lowest BCUT2D eigenvalue weighted by molar-refractivity contribution is -0.117. The minimum Gasteiger partial charge on any atom is -0.493 e. The molecule has 1 aliphatic carbocycles. The highest BCUT2D eigenvalue weighted by Gasteiger charge is 2.42. The SMILES string of the molecule is O=C(O)N[C@H]1CCC(F)(F)C[C@@H]1COc1ccc(N2CCCC2=O)cc1. The van der Waals surface area contributed by atoms with E-state index in [2.05, 4.69) is 5.32 Å². The molecule has 6 nitrogen and oxygen atoms in total. The number of hydrogen-bond donors (Lipinski definition) is 2. The zero-order chi connectivity index (χ0) is 18.7. The van der Waals surface area contributed by atoms with Gasteiger partial charge in [-0.1, -0.05) is 0 Å².